The molecule has 0 saturated carbocycles. The molecule has 0 spiro atoms. The number of nitro benzene ring substituents is 1. The molecule has 0 aromatic heterocycles. The average Bonchev–Trinajstić information content (AvgIpc) is 2.33. The van der Waals surface area contributed by atoms with Gasteiger partial charge in [-0.05, 0) is 38.4 Å². The van der Waals surface area contributed by atoms with Gasteiger partial charge in [0.2, 0.25) is 0 Å². The molecule has 0 bridgehead atoms. The zero-order chi connectivity index (χ0) is 12.3. The van der Waals surface area contributed by atoms with Crippen LogP contribution in [0.15, 0.2) is 18.2 Å². The molecule has 2 N–H and O–H groups in total. The van der Waals surface area contributed by atoms with Crippen LogP contribution in [-0.2, 0) is 0 Å². The van der Waals surface area contributed by atoms with Crippen LogP contribution < -0.4 is 10.6 Å². The summed E-state index contributed by atoms with van der Waals surface area (Å²) in [5.41, 5.74) is 1.77. The van der Waals surface area contributed by atoms with Gasteiger partial charge in [-0.3, -0.25) is 10.1 Å². The number of aryl methyl sites for hydroxylation is 1. The molecule has 92 valence electrons. The summed E-state index contributed by atoms with van der Waals surface area (Å²) in [6, 6.07) is 5.50. The largest absolute Gasteiger partial charge is 0.376 e. The van der Waals surface area contributed by atoms with Crippen LogP contribution in [0.2, 0.25) is 0 Å². The van der Waals surface area contributed by atoms with Gasteiger partial charge in [-0.1, -0.05) is 12.1 Å². The number of nitrogens with one attached hydrogen (secondary N) is 2. The number of benzene rings is 1. The monoisotopic (exact) mass is 235 g/mol. The first-order valence-corrected chi connectivity index (χ1v) is 5.90. The van der Waals surface area contributed by atoms with Crippen molar-refractivity contribution in [3.8, 4) is 0 Å². The van der Waals surface area contributed by atoms with Gasteiger partial charge in [-0.2, -0.15) is 0 Å². The van der Waals surface area contributed by atoms with E-state index in [0.717, 1.165) is 31.5 Å². The van der Waals surface area contributed by atoms with Crippen LogP contribution in [0, 0.1) is 17.0 Å². The molecule has 0 radical (unpaired) electrons. The zero-order valence-corrected chi connectivity index (χ0v) is 9.90. The minimum atomic E-state index is -0.323. The third kappa shape index (κ3) is 2.74. The summed E-state index contributed by atoms with van der Waals surface area (Å²) in [7, 11) is 0. The summed E-state index contributed by atoms with van der Waals surface area (Å²) in [4.78, 5) is 10.6. The van der Waals surface area contributed by atoms with E-state index >= 15 is 0 Å². The Morgan fingerprint density at radius 2 is 2.12 bits per heavy atom. The van der Waals surface area contributed by atoms with E-state index < -0.39 is 0 Å². The molecule has 1 fully saturated rings. The average molecular weight is 235 g/mol. The van der Waals surface area contributed by atoms with Crippen molar-refractivity contribution in [1.29, 1.82) is 0 Å². The lowest BCUT2D eigenvalue weighted by Crippen LogP contribution is -2.35. The van der Waals surface area contributed by atoms with Crippen molar-refractivity contribution in [1.82, 2.24) is 5.32 Å². The summed E-state index contributed by atoms with van der Waals surface area (Å²) in [6.45, 7) is 3.84. The van der Waals surface area contributed by atoms with E-state index in [4.69, 9.17) is 0 Å². The molecular weight excluding hydrogens is 218 g/mol. The number of hydrogen-bond donors (Lipinski definition) is 2. The molecule has 0 aliphatic carbocycles. The van der Waals surface area contributed by atoms with E-state index in [1.165, 1.54) is 0 Å². The van der Waals surface area contributed by atoms with Crippen LogP contribution in [-0.4, -0.2) is 24.1 Å². The fourth-order valence-electron chi connectivity index (χ4n) is 2.16. The van der Waals surface area contributed by atoms with Gasteiger partial charge in [-0.25, -0.2) is 0 Å². The number of anilines is 1. The van der Waals surface area contributed by atoms with E-state index in [1.807, 2.05) is 13.0 Å². The van der Waals surface area contributed by atoms with E-state index in [-0.39, 0.29) is 10.6 Å². The Morgan fingerprint density at radius 1 is 1.41 bits per heavy atom. The maximum atomic E-state index is 11.0. The highest BCUT2D eigenvalue weighted by molar-refractivity contribution is 5.66. The first kappa shape index (κ1) is 11.9. The Morgan fingerprint density at radius 3 is 2.76 bits per heavy atom. The normalized spacial score (nSPS) is 16.8. The highest BCUT2D eigenvalue weighted by Gasteiger charge is 2.20. The van der Waals surface area contributed by atoms with Crippen LogP contribution in [0.5, 0.6) is 0 Å². The zero-order valence-electron chi connectivity index (χ0n) is 9.90. The minimum absolute atomic E-state index is 0.170. The van der Waals surface area contributed by atoms with E-state index in [0.29, 0.717) is 11.7 Å². The van der Waals surface area contributed by atoms with Gasteiger partial charge in [0.25, 0.3) is 5.69 Å². The van der Waals surface area contributed by atoms with E-state index in [9.17, 15) is 10.1 Å². The second-order valence-corrected chi connectivity index (χ2v) is 4.39. The number of nitrogens with zero attached hydrogens (tertiary/aromatic N) is 1. The van der Waals surface area contributed by atoms with E-state index in [1.54, 1.807) is 12.1 Å². The van der Waals surface area contributed by atoms with Crippen molar-refractivity contribution in [3.63, 3.8) is 0 Å². The number of nitro groups is 1. The molecule has 0 atom stereocenters. The summed E-state index contributed by atoms with van der Waals surface area (Å²) in [5.74, 6) is 0. The molecule has 1 saturated heterocycles. The SMILES string of the molecule is Cc1cccc([N+](=O)[O-])c1NC1CCNCC1. The fourth-order valence-corrected chi connectivity index (χ4v) is 2.16. The fraction of sp³-hybridized carbons (Fsp3) is 0.500. The van der Waals surface area contributed by atoms with Gasteiger partial charge >= 0.3 is 0 Å². The van der Waals surface area contributed by atoms with Crippen molar-refractivity contribution in [2.24, 2.45) is 0 Å². The number of piperidine rings is 1. The number of rotatable bonds is 3. The van der Waals surface area contributed by atoms with Gasteiger partial charge in [0.05, 0.1) is 4.92 Å². The molecule has 0 unspecified atom stereocenters. The topological polar surface area (TPSA) is 67.2 Å². The first-order valence-electron chi connectivity index (χ1n) is 5.90. The predicted molar refractivity (Wildman–Crippen MR) is 67.3 cm³/mol. The molecule has 1 aromatic rings. The second kappa shape index (κ2) is 5.14. The Labute approximate surface area is 100 Å². The molecule has 1 aromatic carbocycles. The quantitative estimate of drug-likeness (QED) is 0.621. The van der Waals surface area contributed by atoms with Gasteiger partial charge in [0.15, 0.2) is 0 Å². The maximum Gasteiger partial charge on any atom is 0.292 e. The first-order chi connectivity index (χ1) is 8.18. The lowest BCUT2D eigenvalue weighted by molar-refractivity contribution is -0.384. The summed E-state index contributed by atoms with van der Waals surface area (Å²) >= 11 is 0. The molecule has 1 aliphatic heterocycles. The molecule has 17 heavy (non-hydrogen) atoms. The minimum Gasteiger partial charge on any atom is -0.376 e. The third-order valence-electron chi connectivity index (χ3n) is 3.14. The Hall–Kier alpha value is -1.62. The van der Waals surface area contributed by atoms with Gasteiger partial charge < -0.3 is 10.6 Å². The van der Waals surface area contributed by atoms with Crippen molar-refractivity contribution < 1.29 is 4.92 Å². The van der Waals surface area contributed by atoms with Crippen molar-refractivity contribution in [3.05, 3.63) is 33.9 Å². The predicted octanol–water partition coefficient (Wildman–Crippen LogP) is 2.07. The highest BCUT2D eigenvalue weighted by Crippen LogP contribution is 2.29. The molecule has 1 aliphatic rings. The van der Waals surface area contributed by atoms with Crippen LogP contribution >= 0.6 is 0 Å². The number of hydrogen-bond acceptors (Lipinski definition) is 4. The van der Waals surface area contributed by atoms with Gasteiger partial charge in [-0.15, -0.1) is 0 Å². The highest BCUT2D eigenvalue weighted by atomic mass is 16.6. The van der Waals surface area contributed by atoms with Crippen LogP contribution in [0.25, 0.3) is 0 Å². The maximum absolute atomic E-state index is 11.0. The van der Waals surface area contributed by atoms with Crippen LogP contribution in [0.3, 0.4) is 0 Å². The molecule has 2 rings (SSSR count). The van der Waals surface area contributed by atoms with Crippen molar-refractivity contribution >= 4 is 11.4 Å². The van der Waals surface area contributed by atoms with Gasteiger partial charge in [0, 0.05) is 12.1 Å². The van der Waals surface area contributed by atoms with Crippen LogP contribution in [0.1, 0.15) is 18.4 Å². The lowest BCUT2D eigenvalue weighted by atomic mass is 10.0. The third-order valence-corrected chi connectivity index (χ3v) is 3.14. The smallest absolute Gasteiger partial charge is 0.292 e. The Bertz CT molecular complexity index is 414. The summed E-state index contributed by atoms with van der Waals surface area (Å²) < 4.78 is 0. The van der Waals surface area contributed by atoms with Crippen molar-refractivity contribution in [2.45, 2.75) is 25.8 Å². The molecule has 5 nitrogen and oxygen atoms in total. The molecule has 1 heterocycles. The molecule has 5 heteroatoms. The van der Waals surface area contributed by atoms with Crippen LogP contribution in [0.4, 0.5) is 11.4 Å². The molecular formula is C12H17N3O2. The lowest BCUT2D eigenvalue weighted by Gasteiger charge is -2.25. The summed E-state index contributed by atoms with van der Waals surface area (Å²) in [6.07, 6.45) is 2.01. The Balaban J connectivity index is 2.21. The molecule has 0 amide bonds. The standard InChI is InChI=1S/C12H17N3O2/c1-9-3-2-4-11(15(16)17)12(9)14-10-5-7-13-8-6-10/h2-4,10,13-14H,5-8H2,1H3. The van der Waals surface area contributed by atoms with Crippen molar-refractivity contribution in [2.75, 3.05) is 18.4 Å². The summed E-state index contributed by atoms with van der Waals surface area (Å²) in [5, 5.41) is 17.6. The Kier molecular flexibility index (Phi) is 3.58. The number of para-hydroxylation sites is 1. The van der Waals surface area contributed by atoms with E-state index in [2.05, 4.69) is 10.6 Å². The van der Waals surface area contributed by atoms with Gasteiger partial charge in [0.1, 0.15) is 5.69 Å². The second-order valence-electron chi connectivity index (χ2n) is 4.39.